The third-order valence-corrected chi connectivity index (χ3v) is 7.42. The van der Waals surface area contributed by atoms with E-state index in [0.717, 1.165) is 42.1 Å². The first-order chi connectivity index (χ1) is 18.9. The molecule has 1 saturated carbocycles. The van der Waals surface area contributed by atoms with Crippen LogP contribution >= 0.6 is 0 Å². The summed E-state index contributed by atoms with van der Waals surface area (Å²) in [7, 11) is 0. The van der Waals surface area contributed by atoms with Crippen LogP contribution in [0.5, 0.6) is 0 Å². The molecule has 0 bridgehead atoms. The molecule has 11 heteroatoms. The highest BCUT2D eigenvalue weighted by molar-refractivity contribution is 5.96. The molecule has 40 heavy (non-hydrogen) atoms. The number of aliphatic carboxylic acids is 1. The van der Waals surface area contributed by atoms with Gasteiger partial charge < -0.3 is 15.7 Å². The van der Waals surface area contributed by atoms with Crippen LogP contribution in [0.1, 0.15) is 67.1 Å². The number of carbonyl (C=O) groups is 3. The van der Waals surface area contributed by atoms with Crippen molar-refractivity contribution in [2.45, 2.75) is 57.0 Å². The summed E-state index contributed by atoms with van der Waals surface area (Å²) in [6, 6.07) is 15.6. The maximum atomic E-state index is 13.5. The average Bonchev–Trinajstić information content (AvgIpc) is 3.37. The van der Waals surface area contributed by atoms with E-state index in [9.17, 15) is 27.6 Å². The monoisotopic (exact) mass is 556 g/mol. The Hall–Kier alpha value is -4.15. The Labute approximate surface area is 229 Å². The van der Waals surface area contributed by atoms with Crippen molar-refractivity contribution < 1.29 is 32.7 Å². The number of nitrogens with zero attached hydrogens (tertiary/aromatic N) is 2. The highest BCUT2D eigenvalue weighted by Gasteiger charge is 2.39. The molecule has 3 aromatic rings. The number of rotatable bonds is 9. The van der Waals surface area contributed by atoms with E-state index in [4.69, 9.17) is 5.11 Å². The smallest absolute Gasteiger partial charge is 0.435 e. The molecule has 1 fully saturated rings. The summed E-state index contributed by atoms with van der Waals surface area (Å²) in [4.78, 5) is 36.0. The number of benzene rings is 2. The standard InChI is InChI=1S/C29H31F3N4O4/c1-28(14-11-19(12-15-28)17-25(38)39)20-7-9-21(10-8-20)34-24(37)13-16-33-27(40)23-18-36(22-5-3-2-4-6-22)35-26(23)29(30,31)32/h2-10,18-19H,11-17H2,1H3,(H,33,40)(H,34,37)(H,38,39). The van der Waals surface area contributed by atoms with Crippen molar-refractivity contribution in [1.82, 2.24) is 15.1 Å². The van der Waals surface area contributed by atoms with Gasteiger partial charge in [0.1, 0.15) is 0 Å². The molecule has 0 radical (unpaired) electrons. The number of amides is 2. The quantitative estimate of drug-likeness (QED) is 0.319. The van der Waals surface area contributed by atoms with Gasteiger partial charge in [-0.15, -0.1) is 0 Å². The molecule has 0 saturated heterocycles. The van der Waals surface area contributed by atoms with Gasteiger partial charge in [0.15, 0.2) is 5.69 Å². The molecule has 2 amide bonds. The SMILES string of the molecule is CC1(c2ccc(NC(=O)CCNC(=O)c3cn(-c4ccccc4)nc3C(F)(F)F)cc2)CCC(CC(=O)O)CC1. The molecule has 1 heterocycles. The van der Waals surface area contributed by atoms with Gasteiger partial charge in [0.25, 0.3) is 5.91 Å². The van der Waals surface area contributed by atoms with Gasteiger partial charge in [-0.1, -0.05) is 37.3 Å². The number of nitrogens with one attached hydrogen (secondary N) is 2. The van der Waals surface area contributed by atoms with Crippen LogP contribution in [0.2, 0.25) is 0 Å². The van der Waals surface area contributed by atoms with E-state index in [0.29, 0.717) is 11.4 Å². The molecule has 2 aromatic carbocycles. The maximum Gasteiger partial charge on any atom is 0.435 e. The van der Waals surface area contributed by atoms with Crippen molar-refractivity contribution in [3.8, 4) is 5.69 Å². The van der Waals surface area contributed by atoms with Crippen LogP contribution in [-0.2, 0) is 21.2 Å². The molecule has 0 atom stereocenters. The van der Waals surface area contributed by atoms with Gasteiger partial charge in [-0.25, -0.2) is 4.68 Å². The summed E-state index contributed by atoms with van der Waals surface area (Å²) < 4.78 is 41.6. The molecule has 1 aromatic heterocycles. The lowest BCUT2D eigenvalue weighted by atomic mass is 9.67. The fraction of sp³-hybridized carbons (Fsp3) is 0.379. The highest BCUT2D eigenvalue weighted by atomic mass is 19.4. The molecular formula is C29H31F3N4O4. The normalized spacial score (nSPS) is 19.1. The van der Waals surface area contributed by atoms with Gasteiger partial charge in [-0.2, -0.15) is 18.3 Å². The van der Waals surface area contributed by atoms with Gasteiger partial charge in [0, 0.05) is 31.3 Å². The van der Waals surface area contributed by atoms with Crippen molar-refractivity contribution in [2.75, 3.05) is 11.9 Å². The van der Waals surface area contributed by atoms with E-state index in [-0.39, 0.29) is 30.7 Å². The van der Waals surface area contributed by atoms with Crippen LogP contribution in [0, 0.1) is 5.92 Å². The number of carboxylic acids is 1. The maximum absolute atomic E-state index is 13.5. The second-order valence-corrected chi connectivity index (χ2v) is 10.4. The van der Waals surface area contributed by atoms with Crippen molar-refractivity contribution >= 4 is 23.5 Å². The summed E-state index contributed by atoms with van der Waals surface area (Å²) in [6.07, 6.45) is -0.269. The fourth-order valence-electron chi connectivity index (χ4n) is 5.08. The summed E-state index contributed by atoms with van der Waals surface area (Å²) in [6.45, 7) is 2.00. The van der Waals surface area contributed by atoms with Gasteiger partial charge in [-0.3, -0.25) is 14.4 Å². The second kappa shape index (κ2) is 11.9. The topological polar surface area (TPSA) is 113 Å². The molecule has 8 nitrogen and oxygen atoms in total. The Kier molecular flexibility index (Phi) is 8.61. The number of alkyl halides is 3. The largest absolute Gasteiger partial charge is 0.481 e. The van der Waals surface area contributed by atoms with Crippen LogP contribution < -0.4 is 10.6 Å². The Morgan fingerprint density at radius 3 is 2.30 bits per heavy atom. The first-order valence-corrected chi connectivity index (χ1v) is 13.1. The van der Waals surface area contributed by atoms with Gasteiger partial charge in [0.05, 0.1) is 11.3 Å². The van der Waals surface area contributed by atoms with E-state index in [1.165, 1.54) is 0 Å². The number of carboxylic acid groups (broad SMARTS) is 1. The van der Waals surface area contributed by atoms with E-state index >= 15 is 0 Å². The Balaban J connectivity index is 1.30. The Morgan fingerprint density at radius 2 is 1.70 bits per heavy atom. The first-order valence-electron chi connectivity index (χ1n) is 13.1. The molecule has 3 N–H and O–H groups in total. The molecule has 212 valence electrons. The minimum atomic E-state index is -4.83. The number of halogens is 3. The Bertz CT molecular complexity index is 1350. The molecule has 1 aliphatic rings. The minimum absolute atomic E-state index is 0.0641. The number of hydrogen-bond donors (Lipinski definition) is 3. The molecule has 0 aliphatic heterocycles. The molecule has 1 aliphatic carbocycles. The van der Waals surface area contributed by atoms with Crippen LogP contribution in [0.25, 0.3) is 5.69 Å². The number of anilines is 1. The Morgan fingerprint density at radius 1 is 1.05 bits per heavy atom. The number of para-hydroxylation sites is 1. The lowest BCUT2D eigenvalue weighted by molar-refractivity contribution is -0.141. The summed E-state index contributed by atoms with van der Waals surface area (Å²) in [5, 5.41) is 17.7. The van der Waals surface area contributed by atoms with Gasteiger partial charge >= 0.3 is 12.1 Å². The lowest BCUT2D eigenvalue weighted by Crippen LogP contribution is -2.29. The predicted molar refractivity (Wildman–Crippen MR) is 142 cm³/mol. The third-order valence-electron chi connectivity index (χ3n) is 7.42. The van der Waals surface area contributed by atoms with E-state index in [1.54, 1.807) is 42.5 Å². The highest BCUT2D eigenvalue weighted by Crippen LogP contribution is 2.42. The molecule has 4 rings (SSSR count). The van der Waals surface area contributed by atoms with E-state index in [2.05, 4.69) is 22.7 Å². The van der Waals surface area contributed by atoms with Crippen molar-refractivity contribution in [2.24, 2.45) is 5.92 Å². The van der Waals surface area contributed by atoms with Crippen molar-refractivity contribution in [3.05, 3.63) is 77.6 Å². The predicted octanol–water partition coefficient (Wildman–Crippen LogP) is 5.57. The third kappa shape index (κ3) is 7.08. The minimum Gasteiger partial charge on any atom is -0.481 e. The van der Waals surface area contributed by atoms with Crippen LogP contribution in [0.15, 0.2) is 60.8 Å². The number of hydrogen-bond acceptors (Lipinski definition) is 4. The van der Waals surface area contributed by atoms with E-state index < -0.39 is 35.2 Å². The summed E-state index contributed by atoms with van der Waals surface area (Å²) in [5.74, 6) is -1.94. The summed E-state index contributed by atoms with van der Waals surface area (Å²) >= 11 is 0. The lowest BCUT2D eigenvalue weighted by Gasteiger charge is -2.37. The fourth-order valence-corrected chi connectivity index (χ4v) is 5.08. The van der Waals surface area contributed by atoms with Crippen molar-refractivity contribution in [3.63, 3.8) is 0 Å². The van der Waals surface area contributed by atoms with Crippen LogP contribution in [-0.4, -0.2) is 39.2 Å². The zero-order chi connectivity index (χ0) is 28.9. The van der Waals surface area contributed by atoms with Crippen LogP contribution in [0.3, 0.4) is 0 Å². The van der Waals surface area contributed by atoms with Gasteiger partial charge in [-0.05, 0) is 66.8 Å². The number of aromatic nitrogens is 2. The van der Waals surface area contributed by atoms with Crippen molar-refractivity contribution in [1.29, 1.82) is 0 Å². The second-order valence-electron chi connectivity index (χ2n) is 10.4. The molecule has 0 spiro atoms. The number of carbonyl (C=O) groups excluding carboxylic acids is 2. The first kappa shape index (κ1) is 28.8. The average molecular weight is 557 g/mol. The van der Waals surface area contributed by atoms with Crippen LogP contribution in [0.4, 0.5) is 18.9 Å². The molecule has 0 unspecified atom stereocenters. The summed E-state index contributed by atoms with van der Waals surface area (Å²) in [5.41, 5.74) is 0.0539. The molecular weight excluding hydrogens is 525 g/mol. The van der Waals surface area contributed by atoms with E-state index in [1.807, 2.05) is 12.1 Å². The van der Waals surface area contributed by atoms with Gasteiger partial charge in [0.2, 0.25) is 5.91 Å². The zero-order valence-electron chi connectivity index (χ0n) is 22.0. The zero-order valence-corrected chi connectivity index (χ0v) is 22.0.